The predicted octanol–water partition coefficient (Wildman–Crippen LogP) is 6.37. The lowest BCUT2D eigenvalue weighted by atomic mass is 10.2. The van der Waals surface area contributed by atoms with E-state index in [1.807, 2.05) is 44.2 Å². The van der Waals surface area contributed by atoms with Crippen LogP contribution < -0.4 is 19.7 Å². The average Bonchev–Trinajstić information content (AvgIpc) is 3.84. The fourth-order valence-corrected chi connectivity index (χ4v) is 8.20. The average molecular weight is 705 g/mol. The van der Waals surface area contributed by atoms with E-state index in [2.05, 4.69) is 10.6 Å². The molecule has 13 heteroatoms. The summed E-state index contributed by atoms with van der Waals surface area (Å²) in [4.78, 5) is 55.2. The first kappa shape index (κ1) is 36.5. The monoisotopic (exact) mass is 704 g/mol. The number of hydrogen-bond donors (Lipinski definition) is 2. The number of hydrogen-bond acceptors (Lipinski definition) is 8. The van der Waals surface area contributed by atoms with Crippen LogP contribution in [0.3, 0.4) is 0 Å². The van der Waals surface area contributed by atoms with Crippen LogP contribution in [0.2, 0.25) is 0 Å². The first-order valence-corrected chi connectivity index (χ1v) is 18.9. The lowest BCUT2D eigenvalue weighted by Gasteiger charge is -2.34. The highest BCUT2D eigenvalue weighted by Gasteiger charge is 2.50. The lowest BCUT2D eigenvalue weighted by Crippen LogP contribution is -2.49. The molecule has 2 aliphatic rings. The lowest BCUT2D eigenvalue weighted by molar-refractivity contribution is -0.135. The summed E-state index contributed by atoms with van der Waals surface area (Å²) >= 11 is 0. The molecule has 2 fully saturated rings. The third-order valence-corrected chi connectivity index (χ3v) is 10.8. The number of carbonyl (C=O) groups excluding carboxylic acids is 4. The van der Waals surface area contributed by atoms with Crippen molar-refractivity contribution < 1.29 is 37.5 Å². The molecule has 3 aromatic carbocycles. The molecule has 0 bridgehead atoms. The fourth-order valence-electron chi connectivity index (χ4n) is 6.02. The van der Waals surface area contributed by atoms with E-state index in [0.717, 1.165) is 18.4 Å². The Hall–Kier alpha value is -4.83. The third kappa shape index (κ3) is 9.04. The van der Waals surface area contributed by atoms with E-state index >= 15 is 0 Å². The quantitative estimate of drug-likeness (QED) is 0.185. The number of benzene rings is 3. The van der Waals surface area contributed by atoms with E-state index in [4.69, 9.17) is 13.8 Å². The second kappa shape index (κ2) is 17.2. The van der Waals surface area contributed by atoms with E-state index in [1.54, 1.807) is 48.5 Å². The molecular weight excluding hydrogens is 659 g/mol. The Balaban J connectivity index is 1.37. The molecule has 2 atom stereocenters. The Morgan fingerprint density at radius 3 is 1.78 bits per heavy atom. The Labute approximate surface area is 293 Å². The number of nitrogens with zero attached hydrogens (tertiary/aromatic N) is 2. The topological polar surface area (TPSA) is 144 Å². The number of amides is 4. The molecule has 12 nitrogen and oxygen atoms in total. The molecule has 266 valence electrons. The minimum Gasteiger partial charge on any atom is -0.445 e. The summed E-state index contributed by atoms with van der Waals surface area (Å²) in [6, 6.07) is 21.0. The zero-order valence-electron chi connectivity index (χ0n) is 28.5. The number of carbonyl (C=O) groups is 4. The van der Waals surface area contributed by atoms with Crippen LogP contribution in [0.1, 0.15) is 78.7 Å². The van der Waals surface area contributed by atoms with Gasteiger partial charge in [-0.1, -0.05) is 44.2 Å². The van der Waals surface area contributed by atoms with Crippen molar-refractivity contribution >= 4 is 31.4 Å². The van der Waals surface area contributed by atoms with Gasteiger partial charge in [0.25, 0.3) is 11.8 Å². The highest BCUT2D eigenvalue weighted by Crippen LogP contribution is 2.57. The van der Waals surface area contributed by atoms with Crippen LogP contribution in [0.15, 0.2) is 78.9 Å². The number of ether oxygens (including phenoxy) is 1. The zero-order chi connectivity index (χ0) is 35.5. The standard InChI is InChI=1S/C37H45N4O8P/c1-3-22-38-34(42)28-14-18-30(19-15-28)48-50(46,49-31-20-16-29(17-21-31)35(43)39-23-4-2)33-13-9-25-41(33)36(44)32-12-8-24-40(32)37(45)47-26-27-10-6-5-7-11-27/h5-7,10-11,14-21,32-33H,3-4,8-9,12-13,22-26H2,1-2H3,(H,38,42)(H,39,43)/t32-,33?/m0/s1. The van der Waals surface area contributed by atoms with Crippen molar-refractivity contribution in [3.05, 3.63) is 95.6 Å². The van der Waals surface area contributed by atoms with Crippen LogP contribution in [0.4, 0.5) is 4.79 Å². The third-order valence-electron chi connectivity index (χ3n) is 8.62. The highest BCUT2D eigenvalue weighted by molar-refractivity contribution is 7.55. The summed E-state index contributed by atoms with van der Waals surface area (Å²) in [5.41, 5.74) is 1.66. The van der Waals surface area contributed by atoms with Gasteiger partial charge in [-0.2, -0.15) is 0 Å². The van der Waals surface area contributed by atoms with Gasteiger partial charge < -0.3 is 29.3 Å². The molecule has 0 aliphatic carbocycles. The largest absolute Gasteiger partial charge is 0.453 e. The summed E-state index contributed by atoms with van der Waals surface area (Å²) in [6.07, 6.45) is 2.95. The van der Waals surface area contributed by atoms with Gasteiger partial charge in [0.2, 0.25) is 5.91 Å². The molecule has 2 aliphatic heterocycles. The van der Waals surface area contributed by atoms with Crippen LogP contribution in [0.5, 0.6) is 11.5 Å². The van der Waals surface area contributed by atoms with Crippen LogP contribution in [0, 0.1) is 0 Å². The molecule has 4 amide bonds. The van der Waals surface area contributed by atoms with Gasteiger partial charge in [-0.05, 0) is 92.6 Å². The Morgan fingerprint density at radius 1 is 0.720 bits per heavy atom. The SMILES string of the molecule is CCCNC(=O)c1ccc(OP(=O)(Oc2ccc(C(=O)NCCC)cc2)C2CCCN2C(=O)[C@@H]2CCCN2C(=O)OCc2ccccc2)cc1. The predicted molar refractivity (Wildman–Crippen MR) is 188 cm³/mol. The molecule has 2 N–H and O–H groups in total. The first-order chi connectivity index (χ1) is 24.2. The smallest absolute Gasteiger partial charge is 0.445 e. The van der Waals surface area contributed by atoms with E-state index in [-0.39, 0.29) is 35.8 Å². The number of likely N-dealkylation sites (tertiary alicyclic amines) is 2. The van der Waals surface area contributed by atoms with Crippen LogP contribution in [-0.2, 0) is 20.7 Å². The van der Waals surface area contributed by atoms with E-state index in [1.165, 1.54) is 9.80 Å². The molecule has 2 saturated heterocycles. The Bertz CT molecular complexity index is 1600. The van der Waals surface area contributed by atoms with Crippen LogP contribution >= 0.6 is 7.60 Å². The minimum atomic E-state index is -4.20. The second-order valence-corrected chi connectivity index (χ2v) is 14.4. The van der Waals surface area contributed by atoms with Crippen molar-refractivity contribution in [1.29, 1.82) is 0 Å². The summed E-state index contributed by atoms with van der Waals surface area (Å²) in [5.74, 6) is -1.39. The van der Waals surface area contributed by atoms with Crippen molar-refractivity contribution in [3.8, 4) is 11.5 Å². The van der Waals surface area contributed by atoms with Gasteiger partial charge in [-0.3, -0.25) is 19.3 Å². The molecule has 0 saturated carbocycles. The van der Waals surface area contributed by atoms with Crippen molar-refractivity contribution in [1.82, 2.24) is 20.4 Å². The molecular formula is C37H45N4O8P. The molecule has 2 heterocycles. The molecule has 50 heavy (non-hydrogen) atoms. The first-order valence-electron chi connectivity index (χ1n) is 17.3. The van der Waals surface area contributed by atoms with Gasteiger partial charge in [0.05, 0.1) is 0 Å². The van der Waals surface area contributed by atoms with Gasteiger partial charge in [-0.25, -0.2) is 9.36 Å². The minimum absolute atomic E-state index is 0.0818. The van der Waals surface area contributed by atoms with Crippen molar-refractivity contribution in [2.45, 2.75) is 70.8 Å². The van der Waals surface area contributed by atoms with Crippen LogP contribution in [-0.4, -0.2) is 71.6 Å². The van der Waals surface area contributed by atoms with Gasteiger partial charge in [-0.15, -0.1) is 0 Å². The van der Waals surface area contributed by atoms with Gasteiger partial charge in [0.1, 0.15) is 24.1 Å². The van der Waals surface area contributed by atoms with E-state index in [9.17, 15) is 23.7 Å². The van der Waals surface area contributed by atoms with Crippen LogP contribution in [0.25, 0.3) is 0 Å². The van der Waals surface area contributed by atoms with Crippen molar-refractivity contribution in [2.75, 3.05) is 26.2 Å². The maximum atomic E-state index is 15.0. The molecule has 3 aromatic rings. The van der Waals surface area contributed by atoms with Gasteiger partial charge >= 0.3 is 13.7 Å². The summed E-state index contributed by atoms with van der Waals surface area (Å²) in [7, 11) is -4.20. The summed E-state index contributed by atoms with van der Waals surface area (Å²) < 4.78 is 32.9. The van der Waals surface area contributed by atoms with E-state index in [0.29, 0.717) is 63.0 Å². The molecule has 5 rings (SSSR count). The maximum absolute atomic E-state index is 15.0. The molecule has 1 unspecified atom stereocenters. The second-order valence-electron chi connectivity index (χ2n) is 12.3. The highest BCUT2D eigenvalue weighted by atomic mass is 31.2. The zero-order valence-corrected chi connectivity index (χ0v) is 29.4. The molecule has 0 radical (unpaired) electrons. The normalized spacial score (nSPS) is 17.2. The Morgan fingerprint density at radius 2 is 1.24 bits per heavy atom. The molecule has 0 spiro atoms. The van der Waals surface area contributed by atoms with Gasteiger partial charge in [0.15, 0.2) is 5.78 Å². The van der Waals surface area contributed by atoms with Crippen molar-refractivity contribution in [3.63, 3.8) is 0 Å². The van der Waals surface area contributed by atoms with Crippen molar-refractivity contribution in [2.24, 2.45) is 0 Å². The summed E-state index contributed by atoms with van der Waals surface area (Å²) in [6.45, 7) is 5.74. The maximum Gasteiger partial charge on any atom is 0.453 e. The number of nitrogens with one attached hydrogen (secondary N) is 2. The van der Waals surface area contributed by atoms with Gasteiger partial charge in [0, 0.05) is 37.3 Å². The fraction of sp³-hybridized carbons (Fsp3) is 0.405. The Kier molecular flexibility index (Phi) is 12.5. The molecule has 0 aromatic heterocycles. The summed E-state index contributed by atoms with van der Waals surface area (Å²) in [5, 5.41) is 5.64. The van der Waals surface area contributed by atoms with E-state index < -0.39 is 25.5 Å². The number of rotatable bonds is 14.